The summed E-state index contributed by atoms with van der Waals surface area (Å²) in [6, 6.07) is 14.6. The number of likely N-dealkylation sites (tertiary alicyclic amines) is 1. The van der Waals surface area contributed by atoms with Crippen molar-refractivity contribution in [1.82, 2.24) is 4.90 Å². The molecule has 1 heterocycles. The highest BCUT2D eigenvalue weighted by atomic mass is 35.5. The first-order chi connectivity index (χ1) is 14.9. The maximum Gasteiger partial charge on any atom is 0.192 e. The number of halogens is 1. The molecule has 1 saturated heterocycles. The molecule has 5 rings (SSSR count). The highest BCUT2D eigenvalue weighted by molar-refractivity contribution is 6.35. The molecule has 2 atom stereocenters. The number of rotatable bonds is 1. The van der Waals surface area contributed by atoms with Crippen LogP contribution in [0.2, 0.25) is 5.02 Å². The van der Waals surface area contributed by atoms with Crippen LogP contribution in [0.4, 0.5) is 0 Å². The van der Waals surface area contributed by atoms with E-state index in [9.17, 15) is 14.4 Å². The fourth-order valence-corrected chi connectivity index (χ4v) is 6.65. The van der Waals surface area contributed by atoms with E-state index in [1.807, 2.05) is 36.2 Å². The monoisotopic (exact) mass is 435 g/mol. The molecule has 1 saturated carbocycles. The zero-order valence-electron chi connectivity index (χ0n) is 17.7. The molecule has 2 aromatic rings. The van der Waals surface area contributed by atoms with Gasteiger partial charge in [0.15, 0.2) is 17.1 Å². The lowest BCUT2D eigenvalue weighted by Crippen LogP contribution is -2.64. The number of likely N-dealkylation sites (N-methyl/N-ethyl adjacent to an activating group) is 1. The maximum absolute atomic E-state index is 14.1. The molecule has 2 fully saturated rings. The Hall–Kier alpha value is -2.30. The first kappa shape index (κ1) is 20.6. The van der Waals surface area contributed by atoms with Gasteiger partial charge in [-0.05, 0) is 37.6 Å². The van der Waals surface area contributed by atoms with E-state index in [1.54, 1.807) is 24.3 Å². The smallest absolute Gasteiger partial charge is 0.192 e. The van der Waals surface area contributed by atoms with Gasteiger partial charge >= 0.3 is 0 Å². The third-order valence-electron chi connectivity index (χ3n) is 7.84. The minimum absolute atomic E-state index is 0.0611. The molecular formula is C26H26ClNO3. The Labute approximate surface area is 187 Å². The summed E-state index contributed by atoms with van der Waals surface area (Å²) in [5.41, 5.74) is -0.659. The lowest BCUT2D eigenvalue weighted by molar-refractivity contribution is -0.133. The molecule has 2 aliphatic carbocycles. The highest BCUT2D eigenvalue weighted by Gasteiger charge is 2.75. The van der Waals surface area contributed by atoms with Crippen LogP contribution in [-0.4, -0.2) is 41.4 Å². The lowest BCUT2D eigenvalue weighted by atomic mass is 9.55. The maximum atomic E-state index is 14.1. The van der Waals surface area contributed by atoms with Crippen LogP contribution >= 0.6 is 11.6 Å². The minimum Gasteiger partial charge on any atom is -0.299 e. The normalized spacial score (nSPS) is 28.2. The Morgan fingerprint density at radius 1 is 0.871 bits per heavy atom. The first-order valence-corrected chi connectivity index (χ1v) is 11.5. The molecule has 1 aliphatic heterocycles. The van der Waals surface area contributed by atoms with Gasteiger partial charge in [-0.2, -0.15) is 0 Å². The fraction of sp³-hybridized carbons (Fsp3) is 0.423. The summed E-state index contributed by atoms with van der Waals surface area (Å²) in [6.45, 7) is 0.485. The summed E-state index contributed by atoms with van der Waals surface area (Å²) in [5, 5.41) is 0.628. The Morgan fingerprint density at radius 2 is 1.48 bits per heavy atom. The summed E-state index contributed by atoms with van der Waals surface area (Å²) in [7, 11) is 1.84. The van der Waals surface area contributed by atoms with E-state index in [-0.39, 0.29) is 23.3 Å². The van der Waals surface area contributed by atoms with E-state index >= 15 is 0 Å². The summed E-state index contributed by atoms with van der Waals surface area (Å²) >= 11 is 6.14. The molecule has 0 amide bonds. The molecule has 2 aromatic carbocycles. The molecule has 3 aliphatic rings. The van der Waals surface area contributed by atoms with E-state index < -0.39 is 11.0 Å². The predicted molar refractivity (Wildman–Crippen MR) is 120 cm³/mol. The van der Waals surface area contributed by atoms with Gasteiger partial charge in [-0.1, -0.05) is 67.3 Å². The number of fused-ring (bicyclic) bond motifs is 2. The van der Waals surface area contributed by atoms with Crippen LogP contribution in [0.15, 0.2) is 48.5 Å². The standard InChI is InChI=1S/C26H26ClNO3/c1-28-16-21(17-11-13-18(27)14-12-17)25(15-7-3-2-4-10-22(25)29)26(28)23(30)19-8-5-6-9-20(19)24(26)31/h5-6,8-9,11-14,21H,2-4,7,10,15-16H2,1H3/t21-,25+/m1/s1. The molecule has 0 radical (unpaired) electrons. The van der Waals surface area contributed by atoms with Gasteiger partial charge in [-0.25, -0.2) is 0 Å². The molecule has 4 nitrogen and oxygen atoms in total. The third-order valence-corrected chi connectivity index (χ3v) is 8.09. The Bertz CT molecular complexity index is 1040. The zero-order chi connectivity index (χ0) is 21.8. The van der Waals surface area contributed by atoms with Crippen molar-refractivity contribution in [2.75, 3.05) is 13.6 Å². The summed E-state index contributed by atoms with van der Waals surface area (Å²) in [5.74, 6) is -0.587. The SMILES string of the molecule is CN1C[C@H](c2ccc(Cl)cc2)[C@]2(CCCCCCC2=O)C12C(=O)c1ccccc1C2=O. The van der Waals surface area contributed by atoms with Crippen LogP contribution in [0.3, 0.4) is 0 Å². The minimum atomic E-state index is -1.46. The molecule has 2 spiro atoms. The largest absolute Gasteiger partial charge is 0.299 e. The van der Waals surface area contributed by atoms with Gasteiger partial charge in [0.05, 0.1) is 5.41 Å². The molecule has 160 valence electrons. The van der Waals surface area contributed by atoms with Crippen molar-refractivity contribution in [3.05, 3.63) is 70.2 Å². The van der Waals surface area contributed by atoms with E-state index in [0.29, 0.717) is 35.5 Å². The van der Waals surface area contributed by atoms with Crippen molar-refractivity contribution in [3.8, 4) is 0 Å². The molecule has 0 unspecified atom stereocenters. The van der Waals surface area contributed by atoms with E-state index in [1.165, 1.54) is 0 Å². The van der Waals surface area contributed by atoms with Crippen LogP contribution < -0.4 is 0 Å². The van der Waals surface area contributed by atoms with Crippen molar-refractivity contribution in [2.24, 2.45) is 5.41 Å². The van der Waals surface area contributed by atoms with Crippen molar-refractivity contribution in [3.63, 3.8) is 0 Å². The number of nitrogens with zero attached hydrogens (tertiary/aromatic N) is 1. The zero-order valence-corrected chi connectivity index (χ0v) is 18.5. The van der Waals surface area contributed by atoms with Crippen molar-refractivity contribution < 1.29 is 14.4 Å². The average molecular weight is 436 g/mol. The van der Waals surface area contributed by atoms with Crippen LogP contribution in [-0.2, 0) is 4.79 Å². The number of hydrogen-bond donors (Lipinski definition) is 0. The average Bonchev–Trinajstić information content (AvgIpc) is 3.16. The van der Waals surface area contributed by atoms with Gasteiger partial charge in [-0.15, -0.1) is 0 Å². The van der Waals surface area contributed by atoms with Gasteiger partial charge in [0.1, 0.15) is 5.78 Å². The number of carbonyl (C=O) groups excluding carboxylic acids is 3. The summed E-state index contributed by atoms with van der Waals surface area (Å²) in [6.07, 6.45) is 4.63. The second-order valence-corrected chi connectivity index (χ2v) is 9.64. The number of ketones is 3. The van der Waals surface area contributed by atoms with E-state index in [0.717, 1.165) is 31.2 Å². The number of Topliss-reactive ketones (excluding diaryl/α,β-unsaturated/α-hetero) is 3. The van der Waals surface area contributed by atoms with Crippen LogP contribution in [0.5, 0.6) is 0 Å². The molecule has 0 N–H and O–H groups in total. The van der Waals surface area contributed by atoms with E-state index in [2.05, 4.69) is 0 Å². The quantitative estimate of drug-likeness (QED) is 0.585. The summed E-state index contributed by atoms with van der Waals surface area (Å²) < 4.78 is 0. The van der Waals surface area contributed by atoms with E-state index in [4.69, 9.17) is 11.6 Å². The lowest BCUT2D eigenvalue weighted by Gasteiger charge is -2.46. The van der Waals surface area contributed by atoms with Crippen LogP contribution in [0, 0.1) is 5.41 Å². The van der Waals surface area contributed by atoms with Gasteiger partial charge in [0.2, 0.25) is 0 Å². The molecule has 0 bridgehead atoms. The predicted octanol–water partition coefficient (Wildman–Crippen LogP) is 5.10. The topological polar surface area (TPSA) is 54.5 Å². The Balaban J connectivity index is 1.78. The molecule has 5 heteroatoms. The number of carbonyl (C=O) groups is 3. The molecule has 0 aromatic heterocycles. The summed E-state index contributed by atoms with van der Waals surface area (Å²) in [4.78, 5) is 44.0. The van der Waals surface area contributed by atoms with Gasteiger partial charge < -0.3 is 0 Å². The first-order valence-electron chi connectivity index (χ1n) is 11.1. The van der Waals surface area contributed by atoms with Crippen LogP contribution in [0.1, 0.15) is 70.7 Å². The number of benzene rings is 2. The highest BCUT2D eigenvalue weighted by Crippen LogP contribution is 2.61. The van der Waals surface area contributed by atoms with Crippen LogP contribution in [0.25, 0.3) is 0 Å². The van der Waals surface area contributed by atoms with Gasteiger partial charge in [0.25, 0.3) is 0 Å². The Morgan fingerprint density at radius 3 is 2.13 bits per heavy atom. The van der Waals surface area contributed by atoms with Gasteiger partial charge in [-0.3, -0.25) is 19.3 Å². The Kier molecular flexibility index (Phi) is 4.91. The number of hydrogen-bond acceptors (Lipinski definition) is 4. The fourth-order valence-electron chi connectivity index (χ4n) is 6.52. The molecule has 31 heavy (non-hydrogen) atoms. The third kappa shape index (κ3) is 2.61. The second kappa shape index (κ2) is 7.39. The second-order valence-electron chi connectivity index (χ2n) is 9.21. The van der Waals surface area contributed by atoms with Crippen molar-refractivity contribution in [2.45, 2.75) is 50.0 Å². The molecular weight excluding hydrogens is 410 g/mol. The van der Waals surface area contributed by atoms with Gasteiger partial charge in [0, 0.05) is 35.0 Å². The van der Waals surface area contributed by atoms with Crippen molar-refractivity contribution >= 4 is 29.0 Å². The van der Waals surface area contributed by atoms with Crippen molar-refractivity contribution in [1.29, 1.82) is 0 Å².